The van der Waals surface area contributed by atoms with Crippen molar-refractivity contribution < 1.29 is 4.79 Å². The van der Waals surface area contributed by atoms with Crippen LogP contribution in [0.5, 0.6) is 0 Å². The van der Waals surface area contributed by atoms with E-state index < -0.39 is 5.41 Å². The Balaban J connectivity index is 2.04. The molecule has 1 amide bonds. The molecule has 5 heteroatoms. The molecule has 108 valence electrons. The van der Waals surface area contributed by atoms with Gasteiger partial charge in [-0.3, -0.25) is 4.79 Å². The van der Waals surface area contributed by atoms with E-state index in [0.717, 1.165) is 37.7 Å². The third kappa shape index (κ3) is 3.30. The minimum Gasteiger partial charge on any atom is -0.392 e. The predicted octanol–water partition coefficient (Wildman–Crippen LogP) is 3.19. The number of hydrogen-bond acceptors (Lipinski definition) is 2. The van der Waals surface area contributed by atoms with Crippen molar-refractivity contribution in [2.24, 2.45) is 11.1 Å². The lowest BCUT2D eigenvalue weighted by atomic mass is 9.73. The third-order valence-corrected chi connectivity index (χ3v) is 4.58. The lowest BCUT2D eigenvalue weighted by Gasteiger charge is -2.34. The molecule has 1 saturated carbocycles. The van der Waals surface area contributed by atoms with Gasteiger partial charge in [-0.2, -0.15) is 0 Å². The molecule has 0 saturated heterocycles. The fourth-order valence-electron chi connectivity index (χ4n) is 2.74. The molecule has 3 N–H and O–H groups in total. The maximum atomic E-state index is 12.5. The fraction of sp³-hybridized carbons (Fsp3) is 0.467. The quantitative estimate of drug-likeness (QED) is 0.840. The predicted molar refractivity (Wildman–Crippen MR) is 85.6 cm³/mol. The smallest absolute Gasteiger partial charge is 0.233 e. The first-order chi connectivity index (χ1) is 9.54. The maximum absolute atomic E-state index is 12.5. The first-order valence-corrected chi connectivity index (χ1v) is 7.66. The molecule has 0 unspecified atom stereocenters. The van der Waals surface area contributed by atoms with Gasteiger partial charge in [0.2, 0.25) is 5.91 Å². The number of halogens is 1. The molecule has 1 fully saturated rings. The van der Waals surface area contributed by atoms with Gasteiger partial charge in [0.05, 0.1) is 10.4 Å². The minimum absolute atomic E-state index is 0.0512. The molecule has 20 heavy (non-hydrogen) atoms. The van der Waals surface area contributed by atoms with Crippen LogP contribution in [0.3, 0.4) is 0 Å². The molecule has 0 bridgehead atoms. The van der Waals surface area contributed by atoms with Gasteiger partial charge in [0, 0.05) is 11.6 Å². The summed E-state index contributed by atoms with van der Waals surface area (Å²) in [6.07, 6.45) is 4.66. The molecule has 0 radical (unpaired) electrons. The number of hydrogen-bond donors (Lipinski definition) is 2. The van der Waals surface area contributed by atoms with E-state index in [9.17, 15) is 4.79 Å². The number of nitrogens with two attached hydrogens (primary N) is 1. The number of nitrogens with one attached hydrogen (secondary N) is 1. The molecule has 0 heterocycles. The maximum Gasteiger partial charge on any atom is 0.233 e. The molecule has 0 spiro atoms. The lowest BCUT2D eigenvalue weighted by Crippen LogP contribution is -2.49. The van der Waals surface area contributed by atoms with Crippen molar-refractivity contribution >= 4 is 34.7 Å². The Bertz CT molecular complexity index is 512. The summed E-state index contributed by atoms with van der Waals surface area (Å²) in [7, 11) is 0. The Morgan fingerprint density at radius 3 is 2.65 bits per heavy atom. The van der Waals surface area contributed by atoms with Crippen molar-refractivity contribution in [2.45, 2.75) is 38.6 Å². The highest BCUT2D eigenvalue weighted by Gasteiger charge is 2.42. The van der Waals surface area contributed by atoms with Crippen LogP contribution in [0, 0.1) is 5.41 Å². The largest absolute Gasteiger partial charge is 0.392 e. The molecule has 1 aromatic carbocycles. The van der Waals surface area contributed by atoms with Crippen LogP contribution in [0.2, 0.25) is 5.02 Å². The summed E-state index contributed by atoms with van der Waals surface area (Å²) in [6, 6.07) is 7.45. The molecule has 3 nitrogen and oxygen atoms in total. The third-order valence-electron chi connectivity index (χ3n) is 3.96. The second kappa shape index (κ2) is 6.55. The van der Waals surface area contributed by atoms with Crippen LogP contribution in [-0.2, 0) is 11.3 Å². The SMILES string of the molecule is NC(=S)C1(C(=O)NCc2cccc(Cl)c2)CCCCC1. The number of carbonyl (C=O) groups excluding carboxylic acids is 1. The van der Waals surface area contributed by atoms with E-state index in [0.29, 0.717) is 16.6 Å². The Kier molecular flexibility index (Phi) is 5.00. The summed E-state index contributed by atoms with van der Waals surface area (Å²) in [5.74, 6) is -0.0512. The van der Waals surface area contributed by atoms with Crippen molar-refractivity contribution in [3.05, 3.63) is 34.9 Å². The minimum atomic E-state index is -0.661. The zero-order valence-corrected chi connectivity index (χ0v) is 12.9. The fourth-order valence-corrected chi connectivity index (χ4v) is 3.25. The summed E-state index contributed by atoms with van der Waals surface area (Å²) >= 11 is 11.1. The van der Waals surface area contributed by atoms with Crippen LogP contribution < -0.4 is 11.1 Å². The standard InChI is InChI=1S/C15H19ClN2OS/c16-12-6-4-5-11(9-12)10-18-14(19)15(13(17)20)7-2-1-3-8-15/h4-6,9H,1-3,7-8,10H2,(H2,17,20)(H,18,19). The molecule has 1 aliphatic rings. The molecular weight excluding hydrogens is 292 g/mol. The van der Waals surface area contributed by atoms with Gasteiger partial charge in [0.1, 0.15) is 0 Å². The number of carbonyl (C=O) groups is 1. The number of amides is 1. The zero-order valence-electron chi connectivity index (χ0n) is 11.3. The van der Waals surface area contributed by atoms with Gasteiger partial charge in [0.15, 0.2) is 0 Å². The first kappa shape index (κ1) is 15.3. The molecule has 0 atom stereocenters. The van der Waals surface area contributed by atoms with Crippen molar-refractivity contribution in [2.75, 3.05) is 0 Å². The summed E-state index contributed by atoms with van der Waals surface area (Å²) < 4.78 is 0. The van der Waals surface area contributed by atoms with Gasteiger partial charge in [0.25, 0.3) is 0 Å². The zero-order chi connectivity index (χ0) is 14.6. The van der Waals surface area contributed by atoms with Crippen LogP contribution >= 0.6 is 23.8 Å². The summed E-state index contributed by atoms with van der Waals surface area (Å²) in [4.78, 5) is 12.8. The average molecular weight is 311 g/mol. The van der Waals surface area contributed by atoms with Gasteiger partial charge < -0.3 is 11.1 Å². The first-order valence-electron chi connectivity index (χ1n) is 6.87. The van der Waals surface area contributed by atoms with Gasteiger partial charge in [-0.05, 0) is 30.5 Å². The molecule has 1 aliphatic carbocycles. The highest BCUT2D eigenvalue weighted by molar-refractivity contribution is 7.80. The van der Waals surface area contributed by atoms with Crippen LogP contribution in [-0.4, -0.2) is 10.9 Å². The monoisotopic (exact) mass is 310 g/mol. The van der Waals surface area contributed by atoms with E-state index in [1.165, 1.54) is 0 Å². The van der Waals surface area contributed by atoms with Crippen molar-refractivity contribution in [3.8, 4) is 0 Å². The summed E-state index contributed by atoms with van der Waals surface area (Å²) in [6.45, 7) is 0.448. The second-order valence-corrected chi connectivity index (χ2v) is 6.20. The topological polar surface area (TPSA) is 55.1 Å². The number of rotatable bonds is 4. The molecule has 2 rings (SSSR count). The van der Waals surface area contributed by atoms with Crippen LogP contribution in [0.25, 0.3) is 0 Å². The highest BCUT2D eigenvalue weighted by atomic mass is 35.5. The highest BCUT2D eigenvalue weighted by Crippen LogP contribution is 2.37. The summed E-state index contributed by atoms with van der Waals surface area (Å²) in [5.41, 5.74) is 6.16. The van der Waals surface area contributed by atoms with Gasteiger partial charge in [-0.1, -0.05) is 55.2 Å². The van der Waals surface area contributed by atoms with Crippen LogP contribution in [0.15, 0.2) is 24.3 Å². The van der Waals surface area contributed by atoms with E-state index in [4.69, 9.17) is 29.6 Å². The Morgan fingerprint density at radius 2 is 2.05 bits per heavy atom. The van der Waals surface area contributed by atoms with Crippen LogP contribution in [0.4, 0.5) is 0 Å². The molecule has 1 aromatic rings. The van der Waals surface area contributed by atoms with E-state index >= 15 is 0 Å². The molecular formula is C15H19ClN2OS. The van der Waals surface area contributed by atoms with Gasteiger partial charge >= 0.3 is 0 Å². The van der Waals surface area contributed by atoms with Crippen molar-refractivity contribution in [1.82, 2.24) is 5.32 Å². The lowest BCUT2D eigenvalue weighted by molar-refractivity contribution is -0.129. The Labute approximate surface area is 129 Å². The number of benzene rings is 1. The number of thiocarbonyl (C=S) groups is 1. The van der Waals surface area contributed by atoms with Crippen molar-refractivity contribution in [3.63, 3.8) is 0 Å². The normalized spacial score (nSPS) is 17.4. The Hall–Kier alpha value is -1.13. The van der Waals surface area contributed by atoms with Crippen LogP contribution in [0.1, 0.15) is 37.7 Å². The molecule has 0 aromatic heterocycles. The van der Waals surface area contributed by atoms with E-state index in [2.05, 4.69) is 5.32 Å². The average Bonchev–Trinajstić information content (AvgIpc) is 2.45. The van der Waals surface area contributed by atoms with Crippen molar-refractivity contribution in [1.29, 1.82) is 0 Å². The Morgan fingerprint density at radius 1 is 1.35 bits per heavy atom. The molecule has 0 aliphatic heterocycles. The van der Waals surface area contributed by atoms with Gasteiger partial charge in [-0.15, -0.1) is 0 Å². The summed E-state index contributed by atoms with van der Waals surface area (Å²) in [5, 5.41) is 3.62. The second-order valence-electron chi connectivity index (χ2n) is 5.32. The van der Waals surface area contributed by atoms with E-state index in [1.54, 1.807) is 0 Å². The van der Waals surface area contributed by atoms with E-state index in [-0.39, 0.29) is 5.91 Å². The van der Waals surface area contributed by atoms with E-state index in [1.807, 2.05) is 24.3 Å². The van der Waals surface area contributed by atoms with Gasteiger partial charge in [-0.25, -0.2) is 0 Å².